The second-order valence-electron chi connectivity index (χ2n) is 18.1. The van der Waals surface area contributed by atoms with Gasteiger partial charge in [0.15, 0.2) is 11.9 Å². The topological polar surface area (TPSA) is 408 Å². The summed E-state index contributed by atoms with van der Waals surface area (Å²) in [6.07, 6.45) is 4.40. The van der Waals surface area contributed by atoms with Crippen molar-refractivity contribution in [2.24, 2.45) is 50.7 Å². The third kappa shape index (κ3) is 21.1. The number of ether oxygens (including phenoxy) is 1. The monoisotopic (exact) mass is 1040 g/mol. The number of nitrogens with one attached hydrogen (secondary N) is 6. The van der Waals surface area contributed by atoms with E-state index in [1.165, 1.54) is 33.9 Å². The molecule has 1 aliphatic rings. The van der Waals surface area contributed by atoms with Crippen LogP contribution in [0.15, 0.2) is 76.4 Å². The molecule has 1 aromatic rings. The molecule has 1 saturated heterocycles. The maximum Gasteiger partial charge on any atom is 0.327 e. The first kappa shape index (κ1) is 62.3. The molecule has 25 nitrogen and oxygen atoms in total. The Bertz CT molecular complexity index is 2280. The van der Waals surface area contributed by atoms with Crippen molar-refractivity contribution in [1.29, 1.82) is 0 Å². The number of carboxylic acid groups (broad SMARTS) is 2. The summed E-state index contributed by atoms with van der Waals surface area (Å²) in [5.74, 6) is -13.1. The zero-order chi connectivity index (χ0) is 55.8. The second-order valence-corrected chi connectivity index (χ2v) is 18.1. The van der Waals surface area contributed by atoms with Gasteiger partial charge in [-0.15, -0.1) is 0 Å². The van der Waals surface area contributed by atoms with Crippen LogP contribution in [0.25, 0.3) is 0 Å². The first-order valence-electron chi connectivity index (χ1n) is 24.1. The van der Waals surface area contributed by atoms with Crippen LogP contribution in [0.5, 0.6) is 0 Å². The molecule has 0 aromatic heterocycles. The van der Waals surface area contributed by atoms with Crippen molar-refractivity contribution >= 4 is 65.2 Å². The number of carbonyl (C=O) groups excluding carboxylic acids is 7. The molecule has 2 rings (SSSR count). The van der Waals surface area contributed by atoms with Crippen LogP contribution in [0.4, 0.5) is 0 Å². The quantitative estimate of drug-likeness (QED) is 0.0281. The minimum Gasteiger partial charge on any atom is -0.480 e. The van der Waals surface area contributed by atoms with Gasteiger partial charge in [-0.2, -0.15) is 0 Å². The Hall–Kier alpha value is -7.83. The third-order valence-corrected chi connectivity index (χ3v) is 12.2. The fourth-order valence-electron chi connectivity index (χ4n) is 7.53. The number of amides is 7. The summed E-state index contributed by atoms with van der Waals surface area (Å²) in [7, 11) is 2.80. The van der Waals surface area contributed by atoms with Gasteiger partial charge < -0.3 is 74.7 Å². The maximum atomic E-state index is 14.4. The van der Waals surface area contributed by atoms with Crippen LogP contribution in [0.1, 0.15) is 78.7 Å². The van der Waals surface area contributed by atoms with E-state index in [4.69, 9.17) is 27.7 Å². The Morgan fingerprint density at radius 2 is 1.32 bits per heavy atom. The minimum absolute atomic E-state index is 0.00394. The van der Waals surface area contributed by atoms with Crippen LogP contribution < -0.4 is 54.8 Å². The number of allylic oxidation sites excluding steroid dienone is 2. The number of nitrogens with two attached hydrogens (primary N) is 4. The van der Waals surface area contributed by atoms with Crippen LogP contribution in [0.2, 0.25) is 0 Å². The average molecular weight is 1040 g/mol. The van der Waals surface area contributed by atoms with Crippen LogP contribution in [-0.4, -0.2) is 150 Å². The lowest BCUT2D eigenvalue weighted by Crippen LogP contribution is -2.59. The van der Waals surface area contributed by atoms with Crippen LogP contribution in [0.3, 0.4) is 0 Å². The highest BCUT2D eigenvalue weighted by molar-refractivity contribution is 6.00. The van der Waals surface area contributed by atoms with Gasteiger partial charge in [0, 0.05) is 39.6 Å². The summed E-state index contributed by atoms with van der Waals surface area (Å²) in [6.45, 7) is 11.2. The predicted molar refractivity (Wildman–Crippen MR) is 275 cm³/mol. The number of guanidine groups is 2. The molecule has 1 heterocycles. The van der Waals surface area contributed by atoms with Gasteiger partial charge in [0.25, 0.3) is 5.91 Å². The van der Waals surface area contributed by atoms with Crippen molar-refractivity contribution in [3.05, 3.63) is 72.0 Å². The van der Waals surface area contributed by atoms with Gasteiger partial charge in [-0.1, -0.05) is 81.5 Å². The fraction of sp³-hybridized carbons (Fsp3) is 0.531. The first-order chi connectivity index (χ1) is 34.8. The largest absolute Gasteiger partial charge is 0.480 e. The van der Waals surface area contributed by atoms with E-state index in [-0.39, 0.29) is 62.7 Å². The number of hydrogen-bond acceptors (Lipinski definition) is 12. The molecule has 408 valence electrons. The molecule has 0 bridgehead atoms. The molecular weight excluding hydrogens is 963 g/mol. The highest BCUT2D eigenvalue weighted by atomic mass is 16.5. The number of aliphatic imine (C=N–C) groups is 2. The molecule has 0 radical (unpaired) electrons. The number of benzene rings is 1. The standard InChI is InChI=1S/C49H75N13O12/c1-26(24-27(2)37(74-8)25-32-14-10-9-11-15-32)18-19-33-28(3)40(64)60-36(46(70)71)20-21-38(63)62(7)31(6)43(67)56-30(5)42(66)59-35(17-13-23-55-49(52)53)45(69)61-39(47(72)73)29(4)41(65)58-34(44(68)57-33)16-12-22-54-48(50)51/h9-11,14-15,18-19,24,27-30,33-37,39H,6,12-13,16-17,20-23,25H2,1-5,7-8H3,(H,56,67)(H,57,68)(H,58,65)(H,59,66)(H,60,64)(H,61,69)(H,70,71)(H,72,73)(H4,50,51,54)(H4,52,53,55)/b19-18-,26-24+/t27?,28?,29?,30?,33-,34?,35?,36?,37?,39?/m1/s1. The van der Waals surface area contributed by atoms with E-state index in [0.717, 1.165) is 10.5 Å². The Kier molecular flexibility index (Phi) is 26.0. The van der Waals surface area contributed by atoms with Crippen LogP contribution in [0, 0.1) is 17.8 Å². The summed E-state index contributed by atoms with van der Waals surface area (Å²) in [5.41, 5.74) is 23.2. The van der Waals surface area contributed by atoms with Gasteiger partial charge in [0.05, 0.1) is 24.0 Å². The van der Waals surface area contributed by atoms with Gasteiger partial charge >= 0.3 is 11.9 Å². The lowest BCUT2D eigenvalue weighted by atomic mass is 9.94. The minimum atomic E-state index is -1.95. The van der Waals surface area contributed by atoms with Crippen molar-refractivity contribution in [3.63, 3.8) is 0 Å². The zero-order valence-electron chi connectivity index (χ0n) is 43.1. The number of methoxy groups -OCH3 is 1. The third-order valence-electron chi connectivity index (χ3n) is 12.2. The Morgan fingerprint density at radius 3 is 1.85 bits per heavy atom. The van der Waals surface area contributed by atoms with Crippen molar-refractivity contribution in [2.45, 2.75) is 122 Å². The number of carboxylic acids is 2. The summed E-state index contributed by atoms with van der Waals surface area (Å²) in [6, 6.07) is 0.633. The number of likely N-dealkylation sites (N-methyl/N-ethyl adjacent to an activating group) is 1. The lowest BCUT2D eigenvalue weighted by molar-refractivity contribution is -0.146. The Morgan fingerprint density at radius 1 is 0.784 bits per heavy atom. The number of rotatable bonds is 17. The van der Waals surface area contributed by atoms with E-state index in [9.17, 15) is 53.4 Å². The van der Waals surface area contributed by atoms with Gasteiger partial charge in [0.1, 0.15) is 35.9 Å². The number of aliphatic carboxylic acids is 2. The molecule has 0 spiro atoms. The first-order valence-corrected chi connectivity index (χ1v) is 24.1. The van der Waals surface area contributed by atoms with Gasteiger partial charge in [-0.3, -0.25) is 43.5 Å². The predicted octanol–water partition coefficient (Wildman–Crippen LogP) is -1.37. The van der Waals surface area contributed by atoms with E-state index in [0.29, 0.717) is 12.0 Å². The zero-order valence-corrected chi connectivity index (χ0v) is 43.1. The number of carbonyl (C=O) groups is 9. The molecule has 25 heteroatoms. The summed E-state index contributed by atoms with van der Waals surface area (Å²) >= 11 is 0. The molecule has 0 aliphatic carbocycles. The number of nitrogens with zero attached hydrogens (tertiary/aromatic N) is 3. The lowest BCUT2D eigenvalue weighted by Gasteiger charge is -2.28. The molecular formula is C49H75N13O12. The van der Waals surface area contributed by atoms with Crippen molar-refractivity contribution < 1.29 is 58.1 Å². The smallest absolute Gasteiger partial charge is 0.327 e. The van der Waals surface area contributed by atoms with Gasteiger partial charge in [0.2, 0.25) is 35.4 Å². The highest BCUT2D eigenvalue weighted by Gasteiger charge is 2.37. The normalized spacial score (nSPS) is 24.6. The Labute approximate surface area is 430 Å². The molecule has 0 saturated carbocycles. The molecule has 10 atom stereocenters. The van der Waals surface area contributed by atoms with Crippen molar-refractivity contribution in [3.8, 4) is 0 Å². The maximum absolute atomic E-state index is 14.4. The van der Waals surface area contributed by atoms with Crippen LogP contribution >= 0.6 is 0 Å². The number of hydrogen-bond donors (Lipinski definition) is 12. The molecule has 1 fully saturated rings. The summed E-state index contributed by atoms with van der Waals surface area (Å²) in [5, 5.41) is 35.4. The summed E-state index contributed by atoms with van der Waals surface area (Å²) in [4.78, 5) is 130. The fourth-order valence-corrected chi connectivity index (χ4v) is 7.53. The second kappa shape index (κ2) is 30.9. The van der Waals surface area contributed by atoms with Crippen molar-refractivity contribution in [2.75, 3.05) is 27.2 Å². The molecule has 16 N–H and O–H groups in total. The van der Waals surface area contributed by atoms with Crippen LogP contribution in [-0.2, 0) is 54.3 Å². The molecule has 1 aliphatic heterocycles. The summed E-state index contributed by atoms with van der Waals surface area (Å²) < 4.78 is 5.81. The van der Waals surface area contributed by atoms with E-state index >= 15 is 0 Å². The molecule has 74 heavy (non-hydrogen) atoms. The van der Waals surface area contributed by atoms with E-state index in [1.54, 1.807) is 20.1 Å². The highest BCUT2D eigenvalue weighted by Crippen LogP contribution is 2.19. The SMILES string of the molecule is C=C1C(=O)NC(C)C(=O)NC(CCCN=C(N)N)C(=O)NC(C(=O)O)C(C)C(=O)NC(CCCN=C(N)N)C(=O)N[C@H](/C=C\C(C)=C\C(C)C(Cc2ccccc2)OC)C(C)C(=O)NC(C(=O)O)CCC(=O)N1C. The Balaban J connectivity index is 2.74. The van der Waals surface area contributed by atoms with E-state index in [2.05, 4.69) is 48.5 Å². The van der Waals surface area contributed by atoms with Gasteiger partial charge in [-0.25, -0.2) is 9.59 Å². The molecule has 7 amide bonds. The molecule has 1 aromatic carbocycles. The van der Waals surface area contributed by atoms with Gasteiger partial charge in [-0.05, 0) is 57.9 Å². The van der Waals surface area contributed by atoms with Crippen molar-refractivity contribution in [1.82, 2.24) is 36.8 Å². The van der Waals surface area contributed by atoms with E-state index < -0.39 is 120 Å². The average Bonchev–Trinajstić information content (AvgIpc) is 3.34. The molecule has 9 unspecified atom stereocenters. The van der Waals surface area contributed by atoms with E-state index in [1.807, 2.05) is 43.3 Å².